The quantitative estimate of drug-likeness (QED) is 0.940. The average Bonchev–Trinajstić information content (AvgIpc) is 3.14. The molecule has 120 valence electrons. The van der Waals surface area contributed by atoms with Crippen LogP contribution in [0.25, 0.3) is 11.3 Å². The monoisotopic (exact) mass is 314 g/mol. The summed E-state index contributed by atoms with van der Waals surface area (Å²) in [4.78, 5) is 29.5. The molecular formula is C17H18N2O4. The fourth-order valence-corrected chi connectivity index (χ4v) is 2.91. The fraction of sp³-hybridized carbons (Fsp3) is 0.353. The lowest BCUT2D eigenvalue weighted by molar-refractivity contribution is -0.142. The van der Waals surface area contributed by atoms with Gasteiger partial charge in [0.1, 0.15) is 0 Å². The second kappa shape index (κ2) is 5.87. The van der Waals surface area contributed by atoms with Gasteiger partial charge in [-0.05, 0) is 12.8 Å². The van der Waals surface area contributed by atoms with E-state index in [-0.39, 0.29) is 24.1 Å². The maximum atomic E-state index is 12.7. The number of benzene rings is 1. The second-order valence-corrected chi connectivity index (χ2v) is 6.03. The van der Waals surface area contributed by atoms with E-state index in [4.69, 9.17) is 4.42 Å². The molecule has 3 rings (SSSR count). The van der Waals surface area contributed by atoms with Gasteiger partial charge in [0, 0.05) is 18.7 Å². The molecule has 1 N–H and O–H groups in total. The Balaban J connectivity index is 1.86. The van der Waals surface area contributed by atoms with Crippen molar-refractivity contribution in [2.24, 2.45) is 11.8 Å². The maximum absolute atomic E-state index is 12.7. The number of aromatic nitrogens is 1. The molecule has 1 amide bonds. The van der Waals surface area contributed by atoms with Gasteiger partial charge in [-0.15, -0.1) is 0 Å². The van der Waals surface area contributed by atoms with Gasteiger partial charge in [-0.3, -0.25) is 9.59 Å². The molecule has 0 unspecified atom stereocenters. The third kappa shape index (κ3) is 2.84. The zero-order valence-electron chi connectivity index (χ0n) is 13.0. The molecule has 6 heteroatoms. The van der Waals surface area contributed by atoms with Crippen molar-refractivity contribution >= 4 is 11.9 Å². The number of aliphatic carboxylic acids is 1. The van der Waals surface area contributed by atoms with E-state index >= 15 is 0 Å². The highest BCUT2D eigenvalue weighted by atomic mass is 16.4. The number of carboxylic acid groups (broad SMARTS) is 1. The molecular weight excluding hydrogens is 296 g/mol. The zero-order valence-corrected chi connectivity index (χ0v) is 13.0. The molecule has 1 aliphatic heterocycles. The van der Waals surface area contributed by atoms with E-state index in [1.807, 2.05) is 38.1 Å². The number of carbonyl (C=O) groups is 2. The molecule has 0 bridgehead atoms. The van der Waals surface area contributed by atoms with Crippen LogP contribution in [0.3, 0.4) is 0 Å². The van der Waals surface area contributed by atoms with Crippen molar-refractivity contribution in [3.63, 3.8) is 0 Å². The third-order valence-electron chi connectivity index (χ3n) is 4.30. The highest BCUT2D eigenvalue weighted by Crippen LogP contribution is 2.28. The number of carboxylic acids is 1. The molecule has 1 aliphatic rings. The van der Waals surface area contributed by atoms with Gasteiger partial charge in [-0.2, -0.15) is 0 Å². The van der Waals surface area contributed by atoms with Crippen LogP contribution < -0.4 is 0 Å². The molecule has 1 aromatic heterocycles. The minimum absolute atomic E-state index is 0.0776. The second-order valence-electron chi connectivity index (χ2n) is 6.03. The van der Waals surface area contributed by atoms with Gasteiger partial charge in [-0.1, -0.05) is 36.8 Å². The lowest BCUT2D eigenvalue weighted by Crippen LogP contribution is -2.30. The summed E-state index contributed by atoms with van der Waals surface area (Å²) in [6, 6.07) is 7.62. The van der Waals surface area contributed by atoms with Gasteiger partial charge in [0.2, 0.25) is 0 Å². The van der Waals surface area contributed by atoms with Crippen LogP contribution in [0, 0.1) is 18.8 Å². The number of nitrogens with zero attached hydrogens (tertiary/aromatic N) is 2. The van der Waals surface area contributed by atoms with Crippen LogP contribution in [0.4, 0.5) is 0 Å². The first kappa shape index (κ1) is 15.3. The molecule has 0 radical (unpaired) electrons. The molecule has 0 saturated carbocycles. The normalized spacial score (nSPS) is 20.7. The Morgan fingerprint density at radius 2 is 1.96 bits per heavy atom. The number of hydrogen-bond donors (Lipinski definition) is 1. The summed E-state index contributed by atoms with van der Waals surface area (Å²) in [6.45, 7) is 4.44. The van der Waals surface area contributed by atoms with Crippen LogP contribution in [-0.2, 0) is 4.79 Å². The summed E-state index contributed by atoms with van der Waals surface area (Å²) in [5.74, 6) is -1.35. The SMILES string of the molecule is Cc1ccc(-c2ocnc2C(=O)N2C[C@@H](C)[C@H](C(=O)O)C2)cc1. The summed E-state index contributed by atoms with van der Waals surface area (Å²) in [5, 5.41) is 9.20. The Labute approximate surface area is 133 Å². The van der Waals surface area contributed by atoms with Crippen LogP contribution in [0.15, 0.2) is 35.1 Å². The van der Waals surface area contributed by atoms with Gasteiger partial charge >= 0.3 is 5.97 Å². The van der Waals surface area contributed by atoms with E-state index in [1.54, 1.807) is 4.90 Å². The number of rotatable bonds is 3. The van der Waals surface area contributed by atoms with Crippen molar-refractivity contribution in [3.8, 4) is 11.3 Å². The van der Waals surface area contributed by atoms with Gasteiger partial charge < -0.3 is 14.4 Å². The standard InChI is InChI=1S/C17H18N2O4/c1-10-3-5-12(6-4-10)15-14(18-9-23-15)16(20)19-7-11(2)13(8-19)17(21)22/h3-6,9,11,13H,7-8H2,1-2H3,(H,21,22)/t11-,13-/m1/s1. The first-order chi connectivity index (χ1) is 11.0. The number of likely N-dealkylation sites (tertiary alicyclic amines) is 1. The van der Waals surface area contributed by atoms with Gasteiger partial charge in [-0.25, -0.2) is 4.98 Å². The summed E-state index contributed by atoms with van der Waals surface area (Å²) in [6.07, 6.45) is 1.25. The predicted octanol–water partition coefficient (Wildman–Crippen LogP) is 2.44. The first-order valence-corrected chi connectivity index (χ1v) is 7.50. The van der Waals surface area contributed by atoms with Crippen molar-refractivity contribution in [1.29, 1.82) is 0 Å². The van der Waals surface area contributed by atoms with Crippen molar-refractivity contribution in [3.05, 3.63) is 41.9 Å². The van der Waals surface area contributed by atoms with Crippen LogP contribution in [0.5, 0.6) is 0 Å². The third-order valence-corrected chi connectivity index (χ3v) is 4.30. The maximum Gasteiger partial charge on any atom is 0.308 e. The Hall–Kier alpha value is -2.63. The highest BCUT2D eigenvalue weighted by Gasteiger charge is 2.38. The zero-order chi connectivity index (χ0) is 16.6. The summed E-state index contributed by atoms with van der Waals surface area (Å²) in [5.41, 5.74) is 2.12. The highest BCUT2D eigenvalue weighted by molar-refractivity contribution is 5.98. The average molecular weight is 314 g/mol. The largest absolute Gasteiger partial charge is 0.481 e. The summed E-state index contributed by atoms with van der Waals surface area (Å²) >= 11 is 0. The Bertz CT molecular complexity index is 735. The summed E-state index contributed by atoms with van der Waals surface area (Å²) < 4.78 is 5.40. The van der Waals surface area contributed by atoms with E-state index in [0.29, 0.717) is 12.3 Å². The minimum Gasteiger partial charge on any atom is -0.481 e. The molecule has 2 atom stereocenters. The molecule has 1 fully saturated rings. The Morgan fingerprint density at radius 1 is 1.26 bits per heavy atom. The van der Waals surface area contributed by atoms with E-state index in [0.717, 1.165) is 11.1 Å². The number of oxazole rings is 1. The van der Waals surface area contributed by atoms with Gasteiger partial charge in [0.15, 0.2) is 17.8 Å². The molecule has 1 saturated heterocycles. The molecule has 0 aliphatic carbocycles. The lowest BCUT2D eigenvalue weighted by atomic mass is 9.99. The molecule has 23 heavy (non-hydrogen) atoms. The van der Waals surface area contributed by atoms with Crippen LogP contribution in [0.2, 0.25) is 0 Å². The Kier molecular flexibility index (Phi) is 3.90. The van der Waals surface area contributed by atoms with E-state index in [9.17, 15) is 14.7 Å². The topological polar surface area (TPSA) is 83.6 Å². The minimum atomic E-state index is -0.869. The van der Waals surface area contributed by atoms with Crippen LogP contribution >= 0.6 is 0 Å². The van der Waals surface area contributed by atoms with Gasteiger partial charge in [0.25, 0.3) is 5.91 Å². The molecule has 6 nitrogen and oxygen atoms in total. The molecule has 2 heterocycles. The van der Waals surface area contributed by atoms with Crippen molar-refractivity contribution < 1.29 is 19.1 Å². The van der Waals surface area contributed by atoms with Gasteiger partial charge in [0.05, 0.1) is 5.92 Å². The smallest absolute Gasteiger partial charge is 0.308 e. The fourth-order valence-electron chi connectivity index (χ4n) is 2.91. The van der Waals surface area contributed by atoms with Crippen LogP contribution in [-0.4, -0.2) is 40.0 Å². The van der Waals surface area contributed by atoms with E-state index in [2.05, 4.69) is 4.98 Å². The number of carbonyl (C=O) groups excluding carboxylic acids is 1. The first-order valence-electron chi connectivity index (χ1n) is 7.50. The van der Waals surface area contributed by atoms with Crippen LogP contribution in [0.1, 0.15) is 23.0 Å². The number of aryl methyl sites for hydroxylation is 1. The van der Waals surface area contributed by atoms with Crippen molar-refractivity contribution in [2.45, 2.75) is 13.8 Å². The van der Waals surface area contributed by atoms with Crippen molar-refractivity contribution in [2.75, 3.05) is 13.1 Å². The lowest BCUT2D eigenvalue weighted by Gasteiger charge is -2.14. The number of hydrogen-bond acceptors (Lipinski definition) is 4. The Morgan fingerprint density at radius 3 is 2.57 bits per heavy atom. The molecule has 0 spiro atoms. The predicted molar refractivity (Wildman–Crippen MR) is 82.9 cm³/mol. The van der Waals surface area contributed by atoms with E-state index in [1.165, 1.54) is 6.39 Å². The number of amides is 1. The molecule has 1 aromatic carbocycles. The summed E-state index contributed by atoms with van der Waals surface area (Å²) in [7, 11) is 0. The van der Waals surface area contributed by atoms with E-state index < -0.39 is 11.9 Å². The molecule has 2 aromatic rings. The van der Waals surface area contributed by atoms with Crippen molar-refractivity contribution in [1.82, 2.24) is 9.88 Å².